The summed E-state index contributed by atoms with van der Waals surface area (Å²) in [5.41, 5.74) is 4.00. The molecule has 0 spiro atoms. The first-order chi connectivity index (χ1) is 15.9. The quantitative estimate of drug-likeness (QED) is 0.507. The van der Waals surface area contributed by atoms with Crippen molar-refractivity contribution in [3.8, 4) is 5.75 Å². The Balaban J connectivity index is 1.24. The average molecular weight is 466 g/mol. The van der Waals surface area contributed by atoms with E-state index in [9.17, 15) is 13.2 Å². The molecule has 0 unspecified atom stereocenters. The maximum absolute atomic E-state index is 12.5. The Morgan fingerprint density at radius 2 is 1.58 bits per heavy atom. The van der Waals surface area contributed by atoms with Crippen LogP contribution in [0.25, 0.3) is 0 Å². The van der Waals surface area contributed by atoms with Crippen LogP contribution in [-0.4, -0.2) is 39.4 Å². The average Bonchev–Trinajstić information content (AvgIpc) is 3.26. The molecule has 33 heavy (non-hydrogen) atoms. The van der Waals surface area contributed by atoms with Crippen LogP contribution in [0.4, 0.5) is 0 Å². The molecule has 0 aliphatic carbocycles. The molecule has 8 heteroatoms. The highest BCUT2D eigenvalue weighted by atomic mass is 32.2. The van der Waals surface area contributed by atoms with E-state index in [0.29, 0.717) is 17.9 Å². The van der Waals surface area contributed by atoms with Crippen LogP contribution >= 0.6 is 0 Å². The first-order valence-corrected chi connectivity index (χ1v) is 12.2. The second-order valence-corrected chi connectivity index (χ2v) is 9.70. The van der Waals surface area contributed by atoms with Crippen LogP contribution in [0.1, 0.15) is 27.0 Å². The van der Waals surface area contributed by atoms with Gasteiger partial charge in [0.1, 0.15) is 5.75 Å². The molecule has 0 saturated carbocycles. The van der Waals surface area contributed by atoms with E-state index >= 15 is 0 Å². The monoisotopic (exact) mass is 465 g/mol. The smallest absolute Gasteiger partial charge is 0.251 e. The minimum atomic E-state index is -3.64. The number of amides is 1. The molecule has 7 nitrogen and oxygen atoms in total. The number of nitrogens with zero attached hydrogens (tertiary/aromatic N) is 1. The summed E-state index contributed by atoms with van der Waals surface area (Å²) in [6, 6.07) is 21.5. The highest BCUT2D eigenvalue weighted by molar-refractivity contribution is 7.89. The van der Waals surface area contributed by atoms with Crippen LogP contribution in [0, 0.1) is 0 Å². The van der Waals surface area contributed by atoms with Gasteiger partial charge >= 0.3 is 0 Å². The number of hydrogen-bond donors (Lipinski definition) is 2. The molecule has 3 aromatic carbocycles. The molecule has 0 bridgehead atoms. The fraction of sp³-hybridized carbons (Fsp3) is 0.240. The minimum absolute atomic E-state index is 0.131. The summed E-state index contributed by atoms with van der Waals surface area (Å²) in [6.07, 6.45) is 0. The molecule has 1 amide bonds. The highest BCUT2D eigenvalue weighted by Crippen LogP contribution is 2.21. The Hall–Kier alpha value is -3.20. The van der Waals surface area contributed by atoms with Crippen molar-refractivity contribution in [1.29, 1.82) is 0 Å². The summed E-state index contributed by atoms with van der Waals surface area (Å²) in [6.45, 7) is 3.30. The fourth-order valence-electron chi connectivity index (χ4n) is 3.78. The second-order valence-electron chi connectivity index (χ2n) is 7.93. The number of nitrogens with one attached hydrogen (secondary N) is 2. The molecule has 0 radical (unpaired) electrons. The second kappa shape index (κ2) is 10.2. The van der Waals surface area contributed by atoms with E-state index in [1.54, 1.807) is 36.4 Å². The minimum Gasteiger partial charge on any atom is -0.497 e. The molecule has 3 aromatic rings. The standard InChI is InChI=1S/C25H27N3O4S/c1-32-23-10-12-24(13-11-23)33(30,31)27-16-19-6-8-20(9-7-19)25(29)26-14-15-28-17-21-4-2-3-5-22(21)18-28/h2-13,27H,14-18H2,1H3,(H,26,29). The van der Waals surface area contributed by atoms with Gasteiger partial charge in [-0.3, -0.25) is 9.69 Å². The predicted octanol–water partition coefficient (Wildman–Crippen LogP) is 2.92. The van der Waals surface area contributed by atoms with Crippen molar-refractivity contribution >= 4 is 15.9 Å². The zero-order valence-corrected chi connectivity index (χ0v) is 19.3. The Labute approximate surface area is 194 Å². The van der Waals surface area contributed by atoms with E-state index in [0.717, 1.165) is 25.2 Å². The molecule has 0 saturated heterocycles. The molecular formula is C25H27N3O4S. The summed E-state index contributed by atoms with van der Waals surface area (Å²) in [5, 5.41) is 2.96. The molecule has 4 rings (SSSR count). The lowest BCUT2D eigenvalue weighted by atomic mass is 10.1. The third-order valence-corrected chi connectivity index (χ3v) is 7.09. The normalized spacial score (nSPS) is 13.5. The van der Waals surface area contributed by atoms with Gasteiger partial charge in [-0.25, -0.2) is 13.1 Å². The number of carbonyl (C=O) groups excluding carboxylic acids is 1. The van der Waals surface area contributed by atoms with Gasteiger partial charge in [-0.1, -0.05) is 36.4 Å². The summed E-state index contributed by atoms with van der Waals surface area (Å²) < 4.78 is 32.6. The van der Waals surface area contributed by atoms with Gasteiger partial charge in [0.15, 0.2) is 0 Å². The lowest BCUT2D eigenvalue weighted by Crippen LogP contribution is -2.32. The van der Waals surface area contributed by atoms with E-state index in [4.69, 9.17) is 4.74 Å². The first kappa shape index (κ1) is 23.0. The van der Waals surface area contributed by atoms with Crippen LogP contribution in [0.2, 0.25) is 0 Å². The Kier molecular flexibility index (Phi) is 7.08. The molecule has 0 aromatic heterocycles. The number of methoxy groups -OCH3 is 1. The lowest BCUT2D eigenvalue weighted by molar-refractivity contribution is 0.0948. The lowest BCUT2D eigenvalue weighted by Gasteiger charge is -2.15. The molecule has 172 valence electrons. The summed E-state index contributed by atoms with van der Waals surface area (Å²) >= 11 is 0. The first-order valence-electron chi connectivity index (χ1n) is 10.7. The van der Waals surface area contributed by atoms with Gasteiger partial charge in [-0.05, 0) is 53.1 Å². The number of rotatable bonds is 9. The van der Waals surface area contributed by atoms with Gasteiger partial charge in [-0.15, -0.1) is 0 Å². The topological polar surface area (TPSA) is 87.7 Å². The Morgan fingerprint density at radius 1 is 0.939 bits per heavy atom. The third kappa shape index (κ3) is 5.78. The molecule has 0 atom stereocenters. The van der Waals surface area contributed by atoms with E-state index in [1.165, 1.54) is 30.4 Å². The van der Waals surface area contributed by atoms with E-state index in [1.807, 2.05) is 0 Å². The largest absolute Gasteiger partial charge is 0.497 e. The number of fused-ring (bicyclic) bond motifs is 1. The van der Waals surface area contributed by atoms with Crippen LogP contribution < -0.4 is 14.8 Å². The summed E-state index contributed by atoms with van der Waals surface area (Å²) in [7, 11) is -2.11. The van der Waals surface area contributed by atoms with Gasteiger partial charge in [-0.2, -0.15) is 0 Å². The molecular weight excluding hydrogens is 438 g/mol. The zero-order valence-electron chi connectivity index (χ0n) is 18.5. The van der Waals surface area contributed by atoms with Gasteiger partial charge in [0.25, 0.3) is 5.91 Å². The fourth-order valence-corrected chi connectivity index (χ4v) is 4.80. The van der Waals surface area contributed by atoms with Crippen molar-refractivity contribution in [2.45, 2.75) is 24.5 Å². The summed E-state index contributed by atoms with van der Waals surface area (Å²) in [4.78, 5) is 14.9. The van der Waals surface area contributed by atoms with E-state index in [2.05, 4.69) is 39.2 Å². The van der Waals surface area contributed by atoms with Crippen molar-refractivity contribution in [1.82, 2.24) is 14.9 Å². The van der Waals surface area contributed by atoms with Gasteiger partial charge in [0, 0.05) is 38.3 Å². The van der Waals surface area contributed by atoms with Gasteiger partial charge in [0.2, 0.25) is 10.0 Å². The number of carbonyl (C=O) groups is 1. The molecule has 1 aliphatic rings. The van der Waals surface area contributed by atoms with Gasteiger partial charge < -0.3 is 10.1 Å². The van der Waals surface area contributed by atoms with Crippen molar-refractivity contribution < 1.29 is 17.9 Å². The van der Waals surface area contributed by atoms with E-state index < -0.39 is 10.0 Å². The highest BCUT2D eigenvalue weighted by Gasteiger charge is 2.18. The molecule has 0 fully saturated rings. The van der Waals surface area contributed by atoms with E-state index in [-0.39, 0.29) is 17.3 Å². The molecule has 1 aliphatic heterocycles. The van der Waals surface area contributed by atoms with Crippen LogP contribution in [0.5, 0.6) is 5.75 Å². The SMILES string of the molecule is COc1ccc(S(=O)(=O)NCc2ccc(C(=O)NCCN3Cc4ccccc4C3)cc2)cc1. The number of ether oxygens (including phenoxy) is 1. The van der Waals surface area contributed by atoms with Crippen molar-refractivity contribution in [3.63, 3.8) is 0 Å². The van der Waals surface area contributed by atoms with Crippen molar-refractivity contribution in [3.05, 3.63) is 95.1 Å². The number of sulfonamides is 1. The maximum Gasteiger partial charge on any atom is 0.251 e. The van der Waals surface area contributed by atoms with Crippen LogP contribution in [-0.2, 0) is 29.7 Å². The summed E-state index contributed by atoms with van der Waals surface area (Å²) in [5.74, 6) is 0.449. The molecule has 2 N–H and O–H groups in total. The van der Waals surface area contributed by atoms with Crippen LogP contribution in [0.15, 0.2) is 77.7 Å². The maximum atomic E-state index is 12.5. The van der Waals surface area contributed by atoms with Crippen molar-refractivity contribution in [2.75, 3.05) is 20.2 Å². The zero-order chi connectivity index (χ0) is 23.3. The Bertz CT molecular complexity index is 1180. The third-order valence-electron chi connectivity index (χ3n) is 5.67. The van der Waals surface area contributed by atoms with Crippen molar-refractivity contribution in [2.24, 2.45) is 0 Å². The van der Waals surface area contributed by atoms with Gasteiger partial charge in [0.05, 0.1) is 12.0 Å². The molecule has 1 heterocycles. The Morgan fingerprint density at radius 3 is 2.18 bits per heavy atom. The van der Waals surface area contributed by atoms with Crippen LogP contribution in [0.3, 0.4) is 0 Å². The predicted molar refractivity (Wildman–Crippen MR) is 126 cm³/mol. The number of benzene rings is 3. The number of hydrogen-bond acceptors (Lipinski definition) is 5.